The molecule has 1 aliphatic rings. The minimum Gasteiger partial charge on any atom is -0.376 e. The van der Waals surface area contributed by atoms with Crippen LogP contribution in [-0.2, 0) is 11.2 Å². The number of benzene rings is 1. The Labute approximate surface area is 133 Å². The number of hydrogen-bond acceptors (Lipinski definition) is 2. The molecule has 1 aromatic carbocycles. The zero-order chi connectivity index (χ0) is 15.1. The predicted octanol–water partition coefficient (Wildman–Crippen LogP) is 2.47. The summed E-state index contributed by atoms with van der Waals surface area (Å²) >= 11 is 3.36. The molecule has 1 aliphatic heterocycles. The molecule has 0 spiro atoms. The number of ether oxygens (including phenoxy) is 1. The average Bonchev–Trinajstić information content (AvgIpc) is 2.99. The number of nitrogens with zero attached hydrogens (tertiary/aromatic N) is 1. The monoisotopic (exact) mass is 357 g/mol. The number of rotatable bonds is 5. The summed E-state index contributed by atoms with van der Waals surface area (Å²) in [6.45, 7) is 2.23. The Morgan fingerprint density at radius 3 is 3.05 bits per heavy atom. The van der Waals surface area contributed by atoms with Gasteiger partial charge >= 0.3 is 0 Å². The Bertz CT molecular complexity index is 490. The second-order valence-corrected chi connectivity index (χ2v) is 5.92. The third-order valence-electron chi connectivity index (χ3n) is 3.44. The van der Waals surface area contributed by atoms with Gasteiger partial charge in [-0.3, -0.25) is 4.99 Å². The average molecular weight is 358 g/mol. The van der Waals surface area contributed by atoms with E-state index < -0.39 is 0 Å². The highest BCUT2D eigenvalue weighted by Crippen LogP contribution is 2.15. The van der Waals surface area contributed by atoms with Crippen molar-refractivity contribution in [3.05, 3.63) is 34.1 Å². The molecule has 0 saturated carbocycles. The Kier molecular flexibility index (Phi) is 6.45. The van der Waals surface area contributed by atoms with Crippen LogP contribution in [0.3, 0.4) is 0 Å². The maximum atomic E-state index is 13.6. The largest absolute Gasteiger partial charge is 0.376 e. The van der Waals surface area contributed by atoms with Crippen molar-refractivity contribution in [3.63, 3.8) is 0 Å². The number of guanidine groups is 1. The molecule has 1 heterocycles. The summed E-state index contributed by atoms with van der Waals surface area (Å²) in [5, 5.41) is 6.42. The van der Waals surface area contributed by atoms with Gasteiger partial charge in [-0.15, -0.1) is 0 Å². The van der Waals surface area contributed by atoms with Crippen LogP contribution in [0.5, 0.6) is 0 Å². The van der Waals surface area contributed by atoms with Crippen LogP contribution >= 0.6 is 15.9 Å². The first-order valence-electron chi connectivity index (χ1n) is 7.19. The van der Waals surface area contributed by atoms with Crippen LogP contribution < -0.4 is 10.6 Å². The molecule has 21 heavy (non-hydrogen) atoms. The second kappa shape index (κ2) is 8.34. The molecule has 0 aromatic heterocycles. The van der Waals surface area contributed by atoms with Gasteiger partial charge in [0.25, 0.3) is 0 Å². The van der Waals surface area contributed by atoms with Gasteiger partial charge in [-0.25, -0.2) is 4.39 Å². The maximum Gasteiger partial charge on any atom is 0.191 e. The quantitative estimate of drug-likeness (QED) is 0.628. The fraction of sp³-hybridized carbons (Fsp3) is 0.533. The number of aliphatic imine (C=N–C) groups is 1. The molecule has 1 atom stereocenters. The van der Waals surface area contributed by atoms with E-state index in [2.05, 4.69) is 31.6 Å². The molecule has 2 rings (SSSR count). The molecular weight excluding hydrogens is 337 g/mol. The normalized spacial score (nSPS) is 18.8. The van der Waals surface area contributed by atoms with Crippen molar-refractivity contribution >= 4 is 21.9 Å². The summed E-state index contributed by atoms with van der Waals surface area (Å²) in [5.74, 6) is 0.545. The van der Waals surface area contributed by atoms with Gasteiger partial charge in [0.1, 0.15) is 5.82 Å². The zero-order valence-electron chi connectivity index (χ0n) is 12.2. The van der Waals surface area contributed by atoms with E-state index in [-0.39, 0.29) is 11.9 Å². The van der Waals surface area contributed by atoms with Gasteiger partial charge in [0.15, 0.2) is 5.96 Å². The summed E-state index contributed by atoms with van der Waals surface area (Å²) in [7, 11) is 1.73. The highest BCUT2D eigenvalue weighted by Gasteiger charge is 2.15. The first-order chi connectivity index (χ1) is 10.2. The van der Waals surface area contributed by atoms with Crippen LogP contribution in [0.25, 0.3) is 0 Å². The van der Waals surface area contributed by atoms with Crippen LogP contribution in [0.4, 0.5) is 4.39 Å². The molecule has 4 nitrogen and oxygen atoms in total. The molecule has 2 N–H and O–H groups in total. The minimum absolute atomic E-state index is 0.178. The predicted molar refractivity (Wildman–Crippen MR) is 86.1 cm³/mol. The number of nitrogens with one attached hydrogen (secondary N) is 2. The lowest BCUT2D eigenvalue weighted by Gasteiger charge is -2.15. The smallest absolute Gasteiger partial charge is 0.191 e. The van der Waals surface area contributed by atoms with Crippen molar-refractivity contribution in [1.29, 1.82) is 0 Å². The Balaban J connectivity index is 1.74. The third-order valence-corrected chi connectivity index (χ3v) is 3.93. The van der Waals surface area contributed by atoms with Crippen LogP contribution in [0.2, 0.25) is 0 Å². The molecule has 1 fully saturated rings. The highest BCUT2D eigenvalue weighted by molar-refractivity contribution is 9.10. The zero-order valence-corrected chi connectivity index (χ0v) is 13.7. The lowest BCUT2D eigenvalue weighted by molar-refractivity contribution is 0.114. The fourth-order valence-corrected chi connectivity index (χ4v) is 2.70. The number of halogens is 2. The molecule has 0 amide bonds. The molecular formula is C15H21BrFN3O. The van der Waals surface area contributed by atoms with E-state index in [0.717, 1.165) is 36.4 Å². The lowest BCUT2D eigenvalue weighted by Crippen LogP contribution is -2.41. The maximum absolute atomic E-state index is 13.6. The van der Waals surface area contributed by atoms with Gasteiger partial charge < -0.3 is 15.4 Å². The van der Waals surface area contributed by atoms with E-state index in [4.69, 9.17) is 4.74 Å². The van der Waals surface area contributed by atoms with E-state index >= 15 is 0 Å². The summed E-state index contributed by atoms with van der Waals surface area (Å²) in [5.41, 5.74) is 0.687. The summed E-state index contributed by atoms with van der Waals surface area (Å²) in [6.07, 6.45) is 3.09. The van der Waals surface area contributed by atoms with Crippen LogP contribution in [-0.4, -0.2) is 38.8 Å². The molecule has 6 heteroatoms. The summed E-state index contributed by atoms with van der Waals surface area (Å²) in [6, 6.07) is 4.98. The fourth-order valence-electron chi connectivity index (χ4n) is 2.29. The molecule has 0 radical (unpaired) electrons. The van der Waals surface area contributed by atoms with Crippen molar-refractivity contribution in [3.8, 4) is 0 Å². The van der Waals surface area contributed by atoms with Crippen LogP contribution in [0.15, 0.2) is 27.7 Å². The van der Waals surface area contributed by atoms with Gasteiger partial charge in [0.2, 0.25) is 0 Å². The number of hydrogen-bond donors (Lipinski definition) is 2. The Morgan fingerprint density at radius 2 is 2.33 bits per heavy atom. The summed E-state index contributed by atoms with van der Waals surface area (Å²) < 4.78 is 20.1. The van der Waals surface area contributed by atoms with Crippen molar-refractivity contribution in [1.82, 2.24) is 10.6 Å². The van der Waals surface area contributed by atoms with Gasteiger partial charge in [-0.1, -0.05) is 15.9 Å². The molecule has 1 saturated heterocycles. The molecule has 116 valence electrons. The first-order valence-corrected chi connectivity index (χ1v) is 7.98. The van der Waals surface area contributed by atoms with E-state index in [1.54, 1.807) is 19.2 Å². The van der Waals surface area contributed by atoms with Gasteiger partial charge in [-0.2, -0.15) is 0 Å². The lowest BCUT2D eigenvalue weighted by atomic mass is 10.1. The van der Waals surface area contributed by atoms with Crippen molar-refractivity contribution in [2.75, 3.05) is 26.7 Å². The highest BCUT2D eigenvalue weighted by atomic mass is 79.9. The van der Waals surface area contributed by atoms with Crippen molar-refractivity contribution < 1.29 is 9.13 Å². The minimum atomic E-state index is -0.178. The van der Waals surface area contributed by atoms with Crippen molar-refractivity contribution in [2.45, 2.75) is 25.4 Å². The summed E-state index contributed by atoms with van der Waals surface area (Å²) in [4.78, 5) is 4.16. The van der Waals surface area contributed by atoms with Crippen LogP contribution in [0.1, 0.15) is 18.4 Å². The van der Waals surface area contributed by atoms with Gasteiger partial charge in [-0.05, 0) is 43.0 Å². The van der Waals surface area contributed by atoms with Gasteiger partial charge in [0.05, 0.1) is 6.10 Å². The first kappa shape index (κ1) is 16.2. The second-order valence-electron chi connectivity index (χ2n) is 5.00. The van der Waals surface area contributed by atoms with E-state index in [0.29, 0.717) is 18.5 Å². The standard InChI is InChI=1S/C15H21BrFN3O/c1-18-15(20-10-13-3-2-8-21-13)19-7-6-11-9-12(16)4-5-14(11)17/h4-5,9,13H,2-3,6-8,10H2,1H3,(H2,18,19,20). The van der Waals surface area contributed by atoms with E-state index in [1.165, 1.54) is 6.07 Å². The molecule has 0 aliphatic carbocycles. The SMILES string of the molecule is CN=C(NCCc1cc(Br)ccc1F)NCC1CCCO1. The molecule has 0 bridgehead atoms. The van der Waals surface area contributed by atoms with Crippen LogP contribution in [0, 0.1) is 5.82 Å². The van der Waals surface area contributed by atoms with Gasteiger partial charge in [0, 0.05) is 31.2 Å². The topological polar surface area (TPSA) is 45.7 Å². The van der Waals surface area contributed by atoms with E-state index in [1.807, 2.05) is 0 Å². The third kappa shape index (κ3) is 5.28. The molecule has 1 unspecified atom stereocenters. The Hall–Kier alpha value is -1.14. The van der Waals surface area contributed by atoms with E-state index in [9.17, 15) is 4.39 Å². The van der Waals surface area contributed by atoms with Crippen molar-refractivity contribution in [2.24, 2.45) is 4.99 Å². The Morgan fingerprint density at radius 1 is 1.48 bits per heavy atom. The molecule has 1 aromatic rings.